The highest BCUT2D eigenvalue weighted by atomic mass is 35.5. The summed E-state index contributed by atoms with van der Waals surface area (Å²) >= 11 is 6.02. The maximum absolute atomic E-state index is 12.0. The van der Waals surface area contributed by atoms with Gasteiger partial charge in [0, 0.05) is 6.54 Å². The molecule has 0 spiro atoms. The number of para-hydroxylation sites is 1. The highest BCUT2D eigenvalue weighted by molar-refractivity contribution is 6.32. The number of halogens is 1. The van der Waals surface area contributed by atoms with E-state index >= 15 is 0 Å². The molecule has 1 atom stereocenters. The first-order chi connectivity index (χ1) is 9.04. The van der Waals surface area contributed by atoms with Crippen molar-refractivity contribution in [3.8, 4) is 5.75 Å². The number of ether oxygens (including phenoxy) is 1. The van der Waals surface area contributed by atoms with Crippen molar-refractivity contribution >= 4 is 17.5 Å². The SMILES string of the molecule is CC[C@@H](Oc1ccccc1Cl)C(=O)NCCC(C)C. The Morgan fingerprint density at radius 2 is 2.05 bits per heavy atom. The first-order valence-electron chi connectivity index (χ1n) is 6.73. The van der Waals surface area contributed by atoms with Crippen LogP contribution in [0.15, 0.2) is 24.3 Å². The Labute approximate surface area is 120 Å². The summed E-state index contributed by atoms with van der Waals surface area (Å²) in [5.74, 6) is 1.04. The van der Waals surface area contributed by atoms with Crippen LogP contribution in [0.5, 0.6) is 5.75 Å². The average Bonchev–Trinajstić information content (AvgIpc) is 2.37. The summed E-state index contributed by atoms with van der Waals surface area (Å²) in [5, 5.41) is 3.42. The molecule has 0 heterocycles. The van der Waals surface area contributed by atoms with Crippen molar-refractivity contribution in [2.24, 2.45) is 5.92 Å². The fourth-order valence-electron chi connectivity index (χ4n) is 1.61. The second-order valence-corrected chi connectivity index (χ2v) is 5.33. The number of hydrogen-bond donors (Lipinski definition) is 1. The molecule has 0 aliphatic rings. The Bertz CT molecular complexity index is 407. The van der Waals surface area contributed by atoms with Crippen molar-refractivity contribution in [3.63, 3.8) is 0 Å². The molecule has 0 aromatic heterocycles. The van der Waals surface area contributed by atoms with Crippen molar-refractivity contribution in [1.82, 2.24) is 5.32 Å². The van der Waals surface area contributed by atoms with Crippen LogP contribution in [0.3, 0.4) is 0 Å². The minimum absolute atomic E-state index is 0.0805. The molecular weight excluding hydrogens is 262 g/mol. The Kier molecular flexibility index (Phi) is 6.71. The Balaban J connectivity index is 2.53. The number of rotatable bonds is 7. The minimum atomic E-state index is -0.493. The molecule has 0 bridgehead atoms. The predicted octanol–water partition coefficient (Wildman–Crippen LogP) is 3.66. The summed E-state index contributed by atoms with van der Waals surface area (Å²) in [5.41, 5.74) is 0. The van der Waals surface area contributed by atoms with E-state index in [0.29, 0.717) is 29.7 Å². The smallest absolute Gasteiger partial charge is 0.261 e. The molecule has 1 aromatic rings. The fraction of sp³-hybridized carbons (Fsp3) is 0.533. The molecule has 1 aromatic carbocycles. The van der Waals surface area contributed by atoms with Crippen LogP contribution in [-0.4, -0.2) is 18.6 Å². The quantitative estimate of drug-likeness (QED) is 0.829. The number of carbonyl (C=O) groups is 1. The van der Waals surface area contributed by atoms with Gasteiger partial charge in [-0.15, -0.1) is 0 Å². The summed E-state index contributed by atoms with van der Waals surface area (Å²) in [7, 11) is 0. The van der Waals surface area contributed by atoms with Gasteiger partial charge in [-0.1, -0.05) is 44.5 Å². The minimum Gasteiger partial charge on any atom is -0.479 e. The van der Waals surface area contributed by atoms with E-state index in [1.165, 1.54) is 0 Å². The molecule has 4 heteroatoms. The lowest BCUT2D eigenvalue weighted by Crippen LogP contribution is -2.38. The molecule has 19 heavy (non-hydrogen) atoms. The topological polar surface area (TPSA) is 38.3 Å². The van der Waals surface area contributed by atoms with E-state index in [-0.39, 0.29) is 5.91 Å². The van der Waals surface area contributed by atoms with Crippen molar-refractivity contribution in [1.29, 1.82) is 0 Å². The normalized spacial score (nSPS) is 12.3. The zero-order chi connectivity index (χ0) is 14.3. The molecule has 0 fully saturated rings. The number of carbonyl (C=O) groups excluding carboxylic acids is 1. The fourth-order valence-corrected chi connectivity index (χ4v) is 1.79. The summed E-state index contributed by atoms with van der Waals surface area (Å²) in [6.45, 7) is 6.86. The zero-order valence-electron chi connectivity index (χ0n) is 11.8. The van der Waals surface area contributed by atoms with Crippen molar-refractivity contribution in [2.45, 2.75) is 39.7 Å². The Morgan fingerprint density at radius 1 is 1.37 bits per heavy atom. The number of benzene rings is 1. The third-order valence-corrected chi connectivity index (χ3v) is 3.10. The Morgan fingerprint density at radius 3 is 2.63 bits per heavy atom. The van der Waals surface area contributed by atoms with Crippen LogP contribution in [0.2, 0.25) is 5.02 Å². The van der Waals surface area contributed by atoms with Gasteiger partial charge in [-0.3, -0.25) is 4.79 Å². The van der Waals surface area contributed by atoms with Gasteiger partial charge in [-0.25, -0.2) is 0 Å². The zero-order valence-corrected chi connectivity index (χ0v) is 12.5. The molecule has 0 saturated carbocycles. The first kappa shape index (κ1) is 15.8. The summed E-state index contributed by atoms with van der Waals surface area (Å²) in [4.78, 5) is 12.0. The van der Waals surface area contributed by atoms with Gasteiger partial charge in [0.25, 0.3) is 5.91 Å². The van der Waals surface area contributed by atoms with E-state index in [1.807, 2.05) is 19.1 Å². The maximum atomic E-state index is 12.0. The lowest BCUT2D eigenvalue weighted by Gasteiger charge is -2.18. The van der Waals surface area contributed by atoms with E-state index in [0.717, 1.165) is 6.42 Å². The second-order valence-electron chi connectivity index (χ2n) is 4.92. The lowest BCUT2D eigenvalue weighted by molar-refractivity contribution is -0.128. The molecule has 106 valence electrons. The number of nitrogens with one attached hydrogen (secondary N) is 1. The van der Waals surface area contributed by atoms with Crippen LogP contribution in [0.1, 0.15) is 33.6 Å². The first-order valence-corrected chi connectivity index (χ1v) is 7.11. The summed E-state index contributed by atoms with van der Waals surface area (Å²) in [6, 6.07) is 7.19. The predicted molar refractivity (Wildman–Crippen MR) is 78.6 cm³/mol. The molecule has 0 saturated heterocycles. The lowest BCUT2D eigenvalue weighted by atomic mass is 10.1. The molecular formula is C15H22ClNO2. The van der Waals surface area contributed by atoms with Crippen LogP contribution in [-0.2, 0) is 4.79 Å². The van der Waals surface area contributed by atoms with E-state index in [4.69, 9.17) is 16.3 Å². The third-order valence-electron chi connectivity index (χ3n) is 2.79. The molecule has 0 unspecified atom stereocenters. The molecule has 1 amide bonds. The maximum Gasteiger partial charge on any atom is 0.261 e. The van der Waals surface area contributed by atoms with E-state index in [2.05, 4.69) is 19.2 Å². The van der Waals surface area contributed by atoms with E-state index in [9.17, 15) is 4.79 Å². The van der Waals surface area contributed by atoms with Gasteiger partial charge >= 0.3 is 0 Å². The highest BCUT2D eigenvalue weighted by Crippen LogP contribution is 2.24. The van der Waals surface area contributed by atoms with E-state index < -0.39 is 6.10 Å². The summed E-state index contributed by atoms with van der Waals surface area (Å²) < 4.78 is 5.67. The van der Waals surface area contributed by atoms with Crippen LogP contribution < -0.4 is 10.1 Å². The molecule has 0 aliphatic carbocycles. The van der Waals surface area contributed by atoms with E-state index in [1.54, 1.807) is 12.1 Å². The monoisotopic (exact) mass is 283 g/mol. The highest BCUT2D eigenvalue weighted by Gasteiger charge is 2.18. The van der Waals surface area contributed by atoms with Gasteiger partial charge in [0.1, 0.15) is 5.75 Å². The second kappa shape index (κ2) is 8.05. The largest absolute Gasteiger partial charge is 0.479 e. The van der Waals surface area contributed by atoms with Gasteiger partial charge in [0.2, 0.25) is 0 Å². The third kappa shape index (κ3) is 5.52. The molecule has 0 aliphatic heterocycles. The van der Waals surface area contributed by atoms with Crippen LogP contribution in [0, 0.1) is 5.92 Å². The van der Waals surface area contributed by atoms with Gasteiger partial charge in [0.05, 0.1) is 5.02 Å². The van der Waals surface area contributed by atoms with Crippen LogP contribution in [0.25, 0.3) is 0 Å². The van der Waals surface area contributed by atoms with Crippen LogP contribution >= 0.6 is 11.6 Å². The van der Waals surface area contributed by atoms with Gasteiger partial charge < -0.3 is 10.1 Å². The van der Waals surface area contributed by atoms with Crippen molar-refractivity contribution in [2.75, 3.05) is 6.54 Å². The molecule has 3 nitrogen and oxygen atoms in total. The van der Waals surface area contributed by atoms with Crippen molar-refractivity contribution < 1.29 is 9.53 Å². The van der Waals surface area contributed by atoms with Gasteiger partial charge in [-0.05, 0) is 30.9 Å². The van der Waals surface area contributed by atoms with Gasteiger partial charge in [0.15, 0.2) is 6.10 Å². The summed E-state index contributed by atoms with van der Waals surface area (Å²) in [6.07, 6.45) is 1.08. The number of amides is 1. The molecule has 1 rings (SSSR count). The molecule has 1 N–H and O–H groups in total. The van der Waals surface area contributed by atoms with Crippen molar-refractivity contribution in [3.05, 3.63) is 29.3 Å². The van der Waals surface area contributed by atoms with Crippen LogP contribution in [0.4, 0.5) is 0 Å². The number of hydrogen-bond acceptors (Lipinski definition) is 2. The standard InChI is InChI=1S/C15H22ClNO2/c1-4-13(15(18)17-10-9-11(2)3)19-14-8-6-5-7-12(14)16/h5-8,11,13H,4,9-10H2,1-3H3,(H,17,18)/t13-/m1/s1. The van der Waals surface area contributed by atoms with Gasteiger partial charge in [-0.2, -0.15) is 0 Å². The molecule has 0 radical (unpaired) electrons. The Hall–Kier alpha value is -1.22. The average molecular weight is 284 g/mol.